The van der Waals surface area contributed by atoms with Gasteiger partial charge in [0, 0.05) is 35.9 Å². The average molecular weight is 197 g/mol. The Balaban J connectivity index is 2.07. The summed E-state index contributed by atoms with van der Waals surface area (Å²) in [7, 11) is 0. The van der Waals surface area contributed by atoms with E-state index < -0.39 is 0 Å². The Morgan fingerprint density at radius 1 is 1.07 bits per heavy atom. The molecule has 74 valence electrons. The van der Waals surface area contributed by atoms with Gasteiger partial charge in [-0.3, -0.25) is 0 Å². The van der Waals surface area contributed by atoms with Crippen LogP contribution in [0.2, 0.25) is 0 Å². The van der Waals surface area contributed by atoms with E-state index in [1.165, 1.54) is 16.5 Å². The molecule has 0 spiro atoms. The van der Waals surface area contributed by atoms with Crippen LogP contribution >= 0.6 is 0 Å². The molecule has 3 rings (SSSR count). The first-order chi connectivity index (χ1) is 7.43. The monoisotopic (exact) mass is 197 g/mol. The summed E-state index contributed by atoms with van der Waals surface area (Å²) in [4.78, 5) is 10.6. The van der Waals surface area contributed by atoms with E-state index in [1.807, 2.05) is 12.4 Å². The minimum Gasteiger partial charge on any atom is -0.361 e. The van der Waals surface area contributed by atoms with Gasteiger partial charge in [0.2, 0.25) is 0 Å². The van der Waals surface area contributed by atoms with E-state index in [0.717, 1.165) is 12.2 Å². The maximum Gasteiger partial charge on any atom is 0.110 e. The summed E-state index contributed by atoms with van der Waals surface area (Å²) >= 11 is 0. The molecule has 0 saturated carbocycles. The van der Waals surface area contributed by atoms with Crippen molar-refractivity contribution in [2.75, 3.05) is 0 Å². The second-order valence-electron chi connectivity index (χ2n) is 3.57. The van der Waals surface area contributed by atoms with Gasteiger partial charge in [-0.25, -0.2) is 4.98 Å². The van der Waals surface area contributed by atoms with Gasteiger partial charge >= 0.3 is 0 Å². The molecule has 3 nitrogen and oxygen atoms in total. The van der Waals surface area contributed by atoms with E-state index in [0.29, 0.717) is 0 Å². The number of rotatable bonds is 2. The van der Waals surface area contributed by atoms with Crippen LogP contribution in [0.3, 0.4) is 0 Å². The van der Waals surface area contributed by atoms with Gasteiger partial charge < -0.3 is 9.97 Å². The molecule has 15 heavy (non-hydrogen) atoms. The lowest BCUT2D eigenvalue weighted by molar-refractivity contribution is 1.03. The van der Waals surface area contributed by atoms with Crippen LogP contribution in [-0.4, -0.2) is 15.0 Å². The number of aromatic nitrogens is 3. The van der Waals surface area contributed by atoms with Gasteiger partial charge in [-0.05, 0) is 17.7 Å². The predicted octanol–water partition coefficient (Wildman–Crippen LogP) is 2.48. The van der Waals surface area contributed by atoms with Crippen molar-refractivity contribution in [2.24, 2.45) is 0 Å². The maximum atomic E-state index is 4.24. The van der Waals surface area contributed by atoms with Gasteiger partial charge in [0.1, 0.15) is 5.82 Å². The van der Waals surface area contributed by atoms with Gasteiger partial charge in [0.15, 0.2) is 0 Å². The van der Waals surface area contributed by atoms with Crippen molar-refractivity contribution >= 4 is 10.9 Å². The minimum atomic E-state index is 0.849. The minimum absolute atomic E-state index is 0.849. The van der Waals surface area contributed by atoms with E-state index in [9.17, 15) is 0 Å². The maximum absolute atomic E-state index is 4.24. The van der Waals surface area contributed by atoms with E-state index in [2.05, 4.69) is 39.2 Å². The van der Waals surface area contributed by atoms with Gasteiger partial charge in [-0.2, -0.15) is 0 Å². The molecule has 3 aromatic rings. The van der Waals surface area contributed by atoms with Crippen molar-refractivity contribution < 1.29 is 0 Å². The fraction of sp³-hybridized carbons (Fsp3) is 0.0833. The fourth-order valence-corrected chi connectivity index (χ4v) is 1.88. The van der Waals surface area contributed by atoms with Crippen LogP contribution in [0, 0.1) is 0 Å². The average Bonchev–Trinajstić information content (AvgIpc) is 2.87. The number of aromatic amines is 2. The smallest absolute Gasteiger partial charge is 0.110 e. The summed E-state index contributed by atoms with van der Waals surface area (Å²) < 4.78 is 0. The second-order valence-corrected chi connectivity index (χ2v) is 3.57. The molecule has 0 saturated heterocycles. The second kappa shape index (κ2) is 3.28. The third-order valence-corrected chi connectivity index (χ3v) is 2.60. The largest absolute Gasteiger partial charge is 0.361 e. The number of hydrogen-bond acceptors (Lipinski definition) is 1. The predicted molar refractivity (Wildman–Crippen MR) is 59.7 cm³/mol. The molecule has 0 radical (unpaired) electrons. The van der Waals surface area contributed by atoms with Crippen molar-refractivity contribution in [1.82, 2.24) is 15.0 Å². The Labute approximate surface area is 87.2 Å². The van der Waals surface area contributed by atoms with E-state index in [-0.39, 0.29) is 0 Å². The number of fused-ring (bicyclic) bond motifs is 1. The quantitative estimate of drug-likeness (QED) is 0.651. The molecule has 0 fully saturated rings. The lowest BCUT2D eigenvalue weighted by Gasteiger charge is -2.00. The number of imidazole rings is 1. The van der Waals surface area contributed by atoms with Gasteiger partial charge in [-0.15, -0.1) is 0 Å². The summed E-state index contributed by atoms with van der Waals surface area (Å²) in [6, 6.07) is 8.39. The highest BCUT2D eigenvalue weighted by atomic mass is 14.9. The Kier molecular flexibility index (Phi) is 1.81. The molecule has 0 atom stereocenters. The first-order valence-corrected chi connectivity index (χ1v) is 4.97. The van der Waals surface area contributed by atoms with Crippen molar-refractivity contribution in [3.05, 3.63) is 54.2 Å². The van der Waals surface area contributed by atoms with Crippen molar-refractivity contribution in [1.29, 1.82) is 0 Å². The highest BCUT2D eigenvalue weighted by molar-refractivity contribution is 5.83. The molecule has 2 aromatic heterocycles. The highest BCUT2D eigenvalue weighted by Gasteiger charge is 2.03. The molecule has 3 heteroatoms. The van der Waals surface area contributed by atoms with Crippen LogP contribution in [0.1, 0.15) is 11.4 Å². The molecule has 1 aromatic carbocycles. The Morgan fingerprint density at radius 2 is 2.07 bits per heavy atom. The summed E-state index contributed by atoms with van der Waals surface area (Å²) in [6.45, 7) is 0. The first-order valence-electron chi connectivity index (χ1n) is 4.97. The summed E-state index contributed by atoms with van der Waals surface area (Å²) in [6.07, 6.45) is 6.46. The molecule has 0 amide bonds. The Hall–Kier alpha value is -2.03. The summed E-state index contributed by atoms with van der Waals surface area (Å²) in [5, 5.41) is 1.27. The number of benzene rings is 1. The van der Waals surface area contributed by atoms with Crippen LogP contribution in [0.25, 0.3) is 10.9 Å². The third-order valence-electron chi connectivity index (χ3n) is 2.60. The number of nitrogens with one attached hydrogen (secondary N) is 2. The van der Waals surface area contributed by atoms with Crippen molar-refractivity contribution in [2.45, 2.75) is 6.42 Å². The van der Waals surface area contributed by atoms with Gasteiger partial charge in [-0.1, -0.05) is 12.1 Å². The zero-order valence-electron chi connectivity index (χ0n) is 8.20. The zero-order valence-corrected chi connectivity index (χ0v) is 8.20. The van der Waals surface area contributed by atoms with Crippen LogP contribution in [0.5, 0.6) is 0 Å². The molecule has 2 heterocycles. The topological polar surface area (TPSA) is 44.5 Å². The van der Waals surface area contributed by atoms with Gasteiger partial charge in [0.25, 0.3) is 0 Å². The molecular formula is C12H11N3. The Bertz CT molecular complexity index is 563. The summed E-state index contributed by atoms with van der Waals surface area (Å²) in [5.41, 5.74) is 2.47. The zero-order chi connectivity index (χ0) is 10.1. The third kappa shape index (κ3) is 1.42. The molecular weight excluding hydrogens is 186 g/mol. The molecule has 0 aliphatic heterocycles. The van der Waals surface area contributed by atoms with E-state index >= 15 is 0 Å². The summed E-state index contributed by atoms with van der Waals surface area (Å²) in [5.74, 6) is 1.00. The molecule has 0 aliphatic rings. The standard InChI is InChI=1S/C12H11N3/c1-2-9(8-12-14-6-7-15-12)10-4-5-13-11(10)3-1/h1-7,13H,8H2,(H,14,15). The van der Waals surface area contributed by atoms with Crippen LogP contribution in [0.4, 0.5) is 0 Å². The van der Waals surface area contributed by atoms with E-state index in [1.54, 1.807) is 6.20 Å². The first kappa shape index (κ1) is 8.29. The fourth-order valence-electron chi connectivity index (χ4n) is 1.88. The molecule has 0 unspecified atom stereocenters. The van der Waals surface area contributed by atoms with E-state index in [4.69, 9.17) is 0 Å². The number of H-pyrrole nitrogens is 2. The number of nitrogens with zero attached hydrogens (tertiary/aromatic N) is 1. The van der Waals surface area contributed by atoms with Crippen LogP contribution in [-0.2, 0) is 6.42 Å². The SMILES string of the molecule is c1cc(Cc2ncc[nH]2)c2cc[nH]c2c1. The van der Waals surface area contributed by atoms with Crippen LogP contribution < -0.4 is 0 Å². The Morgan fingerprint density at radius 3 is 2.93 bits per heavy atom. The lowest BCUT2D eigenvalue weighted by Crippen LogP contribution is -1.90. The van der Waals surface area contributed by atoms with Crippen LogP contribution in [0.15, 0.2) is 42.9 Å². The van der Waals surface area contributed by atoms with Crippen molar-refractivity contribution in [3.8, 4) is 0 Å². The van der Waals surface area contributed by atoms with Crippen molar-refractivity contribution in [3.63, 3.8) is 0 Å². The normalized spacial score (nSPS) is 10.9. The lowest BCUT2D eigenvalue weighted by atomic mass is 10.1. The van der Waals surface area contributed by atoms with Gasteiger partial charge in [0.05, 0.1) is 0 Å². The highest BCUT2D eigenvalue weighted by Crippen LogP contribution is 2.19. The molecule has 0 bridgehead atoms. The number of hydrogen-bond donors (Lipinski definition) is 2. The molecule has 2 N–H and O–H groups in total. The molecule has 0 aliphatic carbocycles.